The Kier molecular flexibility index (Phi) is 33.2. The lowest BCUT2D eigenvalue weighted by atomic mass is 10.2. The number of hydrogen-bond acceptors (Lipinski definition) is 4. The van der Waals surface area contributed by atoms with Gasteiger partial charge in [0.1, 0.15) is 0 Å². The highest BCUT2D eigenvalue weighted by molar-refractivity contribution is 4.59. The van der Waals surface area contributed by atoms with Gasteiger partial charge in [-0.1, -0.05) is 7.43 Å². The fraction of sp³-hybridized carbons (Fsp3) is 1.00. The maximum Gasteiger partial charge on any atom is 0.0601 e. The molecule has 0 atom stereocenters. The van der Waals surface area contributed by atoms with E-state index in [4.69, 9.17) is 18.9 Å². The standard InChI is InChI=1S/C7H16O.C6H14O.C5H12O.C4H10O.CH4/c1-6(2)8-7(3,4)5;1-5(2)7-6(3)4;1-4-6-5(2)3;1-4(2)5-3;/h6H,1-5H3;5-6H,1-4H3;5H,4H2,1-3H3;4H,1-3H3;1H4. The first-order valence-corrected chi connectivity index (χ1v) is 10.1. The molecule has 172 valence electrons. The highest BCUT2D eigenvalue weighted by Gasteiger charge is 2.10. The Labute approximate surface area is 173 Å². The first-order valence-electron chi connectivity index (χ1n) is 10.1. The van der Waals surface area contributed by atoms with Crippen LogP contribution in [0.2, 0.25) is 0 Å². The second-order valence-electron chi connectivity index (χ2n) is 8.30. The molecule has 0 saturated carbocycles. The molecule has 0 amide bonds. The van der Waals surface area contributed by atoms with Crippen molar-refractivity contribution >= 4 is 0 Å². The summed E-state index contributed by atoms with van der Waals surface area (Å²) in [5, 5.41) is 0. The molecular formula is C23H56O4. The van der Waals surface area contributed by atoms with E-state index < -0.39 is 0 Å². The summed E-state index contributed by atoms with van der Waals surface area (Å²) in [6.07, 6.45) is 1.87. The maximum atomic E-state index is 5.44. The molecule has 0 aromatic carbocycles. The van der Waals surface area contributed by atoms with Crippen LogP contribution in [0.3, 0.4) is 0 Å². The van der Waals surface area contributed by atoms with Gasteiger partial charge in [-0.15, -0.1) is 0 Å². The SMILES string of the molecule is C.CC(C)OC(C)(C)C.CC(C)OC(C)C.CCOC(C)C.COC(C)C. The van der Waals surface area contributed by atoms with Crippen molar-refractivity contribution in [3.05, 3.63) is 0 Å². The first-order chi connectivity index (χ1) is 11.6. The Morgan fingerprint density at radius 2 is 0.963 bits per heavy atom. The molecule has 0 bridgehead atoms. The fourth-order valence-electron chi connectivity index (χ4n) is 1.58. The van der Waals surface area contributed by atoms with Crippen molar-refractivity contribution in [1.82, 2.24) is 0 Å². The van der Waals surface area contributed by atoms with Crippen molar-refractivity contribution in [2.24, 2.45) is 0 Å². The lowest BCUT2D eigenvalue weighted by Crippen LogP contribution is -2.23. The monoisotopic (exact) mass is 396 g/mol. The van der Waals surface area contributed by atoms with E-state index in [1.54, 1.807) is 7.11 Å². The van der Waals surface area contributed by atoms with Gasteiger partial charge in [0.15, 0.2) is 0 Å². The van der Waals surface area contributed by atoms with Gasteiger partial charge >= 0.3 is 0 Å². The second-order valence-corrected chi connectivity index (χ2v) is 8.30. The van der Waals surface area contributed by atoms with Crippen LogP contribution in [0.15, 0.2) is 0 Å². The van der Waals surface area contributed by atoms with Gasteiger partial charge < -0.3 is 18.9 Å². The van der Waals surface area contributed by atoms with Gasteiger partial charge in [0, 0.05) is 13.7 Å². The average Bonchev–Trinajstić information content (AvgIpc) is 2.35. The second kappa shape index (κ2) is 23.9. The molecule has 0 heterocycles. The Hall–Kier alpha value is -0.160. The molecule has 0 fully saturated rings. The molecule has 0 aromatic rings. The van der Waals surface area contributed by atoms with Crippen molar-refractivity contribution < 1.29 is 18.9 Å². The van der Waals surface area contributed by atoms with E-state index in [0.29, 0.717) is 30.5 Å². The van der Waals surface area contributed by atoms with Crippen LogP contribution in [0.25, 0.3) is 0 Å². The summed E-state index contributed by atoms with van der Waals surface area (Å²) in [6.45, 7) is 29.3. The van der Waals surface area contributed by atoms with Crippen LogP contribution in [0.1, 0.15) is 104 Å². The third kappa shape index (κ3) is 76.7. The van der Waals surface area contributed by atoms with E-state index in [9.17, 15) is 0 Å². The molecule has 0 aliphatic rings. The lowest BCUT2D eigenvalue weighted by Gasteiger charge is -2.22. The van der Waals surface area contributed by atoms with Gasteiger partial charge in [0.2, 0.25) is 0 Å². The molecular weight excluding hydrogens is 340 g/mol. The predicted molar refractivity (Wildman–Crippen MR) is 123 cm³/mol. The Morgan fingerprint density at radius 1 is 0.630 bits per heavy atom. The summed E-state index contributed by atoms with van der Waals surface area (Å²) in [6, 6.07) is 0. The number of rotatable bonds is 6. The summed E-state index contributed by atoms with van der Waals surface area (Å²) in [5.41, 5.74) is 0.0220. The van der Waals surface area contributed by atoms with Gasteiger partial charge in [-0.3, -0.25) is 0 Å². The molecule has 4 heteroatoms. The molecule has 0 aromatic heterocycles. The molecule has 0 spiro atoms. The molecule has 0 aliphatic heterocycles. The van der Waals surface area contributed by atoms with Crippen LogP contribution < -0.4 is 0 Å². The van der Waals surface area contributed by atoms with Crippen molar-refractivity contribution in [2.75, 3.05) is 13.7 Å². The molecule has 4 nitrogen and oxygen atoms in total. The van der Waals surface area contributed by atoms with Crippen molar-refractivity contribution in [3.63, 3.8) is 0 Å². The number of methoxy groups -OCH3 is 1. The van der Waals surface area contributed by atoms with Crippen LogP contribution in [0, 0.1) is 0 Å². The van der Waals surface area contributed by atoms with E-state index in [-0.39, 0.29) is 13.0 Å². The van der Waals surface area contributed by atoms with E-state index in [1.165, 1.54) is 0 Å². The van der Waals surface area contributed by atoms with Crippen LogP contribution >= 0.6 is 0 Å². The van der Waals surface area contributed by atoms with Gasteiger partial charge in [-0.05, 0) is 96.9 Å². The minimum absolute atomic E-state index is 0. The van der Waals surface area contributed by atoms with Gasteiger partial charge in [0.05, 0.1) is 36.1 Å². The summed E-state index contributed by atoms with van der Waals surface area (Å²) in [5.74, 6) is 0. The molecule has 0 rings (SSSR count). The molecule has 0 saturated heterocycles. The smallest absolute Gasteiger partial charge is 0.0601 e. The summed E-state index contributed by atoms with van der Waals surface area (Å²) < 4.78 is 20.5. The zero-order chi connectivity index (χ0) is 21.9. The predicted octanol–water partition coefficient (Wildman–Crippen LogP) is 7.14. The van der Waals surface area contributed by atoms with Crippen molar-refractivity contribution in [2.45, 2.75) is 140 Å². The van der Waals surface area contributed by atoms with Crippen LogP contribution in [-0.2, 0) is 18.9 Å². The first kappa shape index (κ1) is 37.6. The molecule has 0 aliphatic carbocycles. The summed E-state index contributed by atoms with van der Waals surface area (Å²) in [7, 11) is 1.70. The number of hydrogen-bond donors (Lipinski definition) is 0. The van der Waals surface area contributed by atoms with Crippen molar-refractivity contribution in [1.29, 1.82) is 0 Å². The summed E-state index contributed by atoms with van der Waals surface area (Å²) >= 11 is 0. The van der Waals surface area contributed by atoms with Crippen LogP contribution in [0.5, 0.6) is 0 Å². The summed E-state index contributed by atoms with van der Waals surface area (Å²) in [4.78, 5) is 0. The zero-order valence-electron chi connectivity index (χ0n) is 20.7. The Morgan fingerprint density at radius 3 is 0.963 bits per heavy atom. The molecule has 0 N–H and O–H groups in total. The zero-order valence-corrected chi connectivity index (χ0v) is 20.7. The van der Waals surface area contributed by atoms with E-state index >= 15 is 0 Å². The van der Waals surface area contributed by atoms with Crippen LogP contribution in [-0.4, -0.2) is 49.8 Å². The lowest BCUT2D eigenvalue weighted by molar-refractivity contribution is -0.0424. The van der Waals surface area contributed by atoms with Crippen molar-refractivity contribution in [3.8, 4) is 0 Å². The average molecular weight is 397 g/mol. The minimum atomic E-state index is 0. The Balaban J connectivity index is -0.0000000798. The highest BCUT2D eigenvalue weighted by atomic mass is 16.5. The third-order valence-corrected chi connectivity index (χ3v) is 2.10. The largest absolute Gasteiger partial charge is 0.382 e. The van der Waals surface area contributed by atoms with Gasteiger partial charge in [-0.25, -0.2) is 0 Å². The highest BCUT2D eigenvalue weighted by Crippen LogP contribution is 2.09. The quantitative estimate of drug-likeness (QED) is 0.478. The van der Waals surface area contributed by atoms with Gasteiger partial charge in [-0.2, -0.15) is 0 Å². The third-order valence-electron chi connectivity index (χ3n) is 2.10. The topological polar surface area (TPSA) is 36.9 Å². The van der Waals surface area contributed by atoms with E-state index in [0.717, 1.165) is 6.61 Å². The molecule has 0 unspecified atom stereocenters. The van der Waals surface area contributed by atoms with Crippen LogP contribution in [0.4, 0.5) is 0 Å². The van der Waals surface area contributed by atoms with E-state index in [2.05, 4.69) is 20.8 Å². The molecule has 27 heavy (non-hydrogen) atoms. The maximum absolute atomic E-state index is 5.44. The Bertz CT molecular complexity index is 235. The minimum Gasteiger partial charge on any atom is -0.382 e. The fourth-order valence-corrected chi connectivity index (χ4v) is 1.58. The molecule has 0 radical (unpaired) electrons. The van der Waals surface area contributed by atoms with Gasteiger partial charge in [0.25, 0.3) is 0 Å². The van der Waals surface area contributed by atoms with E-state index in [1.807, 2.05) is 76.2 Å². The normalized spacial score (nSPS) is 10.7. The number of ether oxygens (including phenoxy) is 4.